The third-order valence-corrected chi connectivity index (χ3v) is 5.00. The summed E-state index contributed by atoms with van der Waals surface area (Å²) >= 11 is 1.30. The number of rotatable bonds is 8. The Morgan fingerprint density at radius 2 is 1.92 bits per heavy atom. The van der Waals surface area contributed by atoms with E-state index in [1.807, 2.05) is 18.2 Å². The first kappa shape index (κ1) is 18.2. The largest absolute Gasteiger partial charge is 0.465 e. The summed E-state index contributed by atoms with van der Waals surface area (Å²) in [5.41, 5.74) is 7.39. The molecule has 1 aromatic carbocycles. The molecule has 0 radical (unpaired) electrons. The fourth-order valence-corrected chi connectivity index (χ4v) is 3.70. The predicted molar refractivity (Wildman–Crippen MR) is 97.1 cm³/mol. The van der Waals surface area contributed by atoms with Gasteiger partial charge >= 0.3 is 5.97 Å². The van der Waals surface area contributed by atoms with Crippen LogP contribution >= 0.6 is 11.3 Å². The van der Waals surface area contributed by atoms with E-state index in [0.717, 1.165) is 18.4 Å². The van der Waals surface area contributed by atoms with Gasteiger partial charge in [-0.15, -0.1) is 11.3 Å². The smallest absolute Gasteiger partial charge is 0.341 e. The van der Waals surface area contributed by atoms with Gasteiger partial charge in [-0.1, -0.05) is 30.3 Å². The molecule has 0 saturated heterocycles. The molecular weight excluding hydrogens is 324 g/mol. The molecule has 5 nitrogen and oxygen atoms in total. The van der Waals surface area contributed by atoms with Crippen molar-refractivity contribution in [2.75, 3.05) is 26.0 Å². The van der Waals surface area contributed by atoms with Gasteiger partial charge < -0.3 is 15.8 Å². The minimum Gasteiger partial charge on any atom is -0.465 e. The molecule has 3 N–H and O–H groups in total. The predicted octanol–water partition coefficient (Wildman–Crippen LogP) is 3.09. The van der Waals surface area contributed by atoms with E-state index in [4.69, 9.17) is 10.5 Å². The van der Waals surface area contributed by atoms with Gasteiger partial charge in [0.05, 0.1) is 17.6 Å². The lowest BCUT2D eigenvalue weighted by Gasteiger charge is -2.07. The van der Waals surface area contributed by atoms with Crippen LogP contribution in [0.25, 0.3) is 0 Å². The third-order valence-electron chi connectivity index (χ3n) is 3.75. The minimum atomic E-state index is -0.425. The Labute approximate surface area is 145 Å². The second-order valence-corrected chi connectivity index (χ2v) is 6.32. The fraction of sp³-hybridized carbons (Fsp3) is 0.333. The lowest BCUT2D eigenvalue weighted by atomic mass is 9.99. The quantitative estimate of drug-likeness (QED) is 0.436. The number of methoxy groups -OCH3 is 1. The molecule has 0 aliphatic heterocycles. The van der Waals surface area contributed by atoms with Gasteiger partial charge in [0.25, 0.3) is 0 Å². The van der Waals surface area contributed by atoms with Crippen molar-refractivity contribution in [2.45, 2.75) is 19.3 Å². The lowest BCUT2D eigenvalue weighted by molar-refractivity contribution is 0.0601. The summed E-state index contributed by atoms with van der Waals surface area (Å²) in [5.74, 6) is -0.500. The Morgan fingerprint density at radius 3 is 2.50 bits per heavy atom. The van der Waals surface area contributed by atoms with Gasteiger partial charge in [-0.2, -0.15) is 0 Å². The number of nitrogens with one attached hydrogen (secondary N) is 1. The molecule has 0 amide bonds. The highest BCUT2D eigenvalue weighted by Crippen LogP contribution is 2.36. The van der Waals surface area contributed by atoms with E-state index < -0.39 is 5.97 Å². The van der Waals surface area contributed by atoms with Gasteiger partial charge in [-0.05, 0) is 31.4 Å². The highest BCUT2D eigenvalue weighted by Gasteiger charge is 2.27. The topological polar surface area (TPSA) is 81.4 Å². The van der Waals surface area contributed by atoms with Crippen molar-refractivity contribution in [1.29, 1.82) is 0 Å². The van der Waals surface area contributed by atoms with Crippen molar-refractivity contribution in [3.05, 3.63) is 51.9 Å². The van der Waals surface area contributed by atoms with Gasteiger partial charge in [0.15, 0.2) is 0 Å². The molecule has 0 aliphatic carbocycles. The summed E-state index contributed by atoms with van der Waals surface area (Å²) in [5, 5.41) is 3.67. The maximum Gasteiger partial charge on any atom is 0.341 e. The first-order chi connectivity index (χ1) is 11.6. The van der Waals surface area contributed by atoms with Crippen LogP contribution in [0.4, 0.5) is 5.00 Å². The number of carbonyl (C=O) groups excluding carboxylic acids is 2. The van der Waals surface area contributed by atoms with Crippen LogP contribution in [0.2, 0.25) is 0 Å². The van der Waals surface area contributed by atoms with Crippen LogP contribution in [0, 0.1) is 0 Å². The molecular formula is C18H22N2O3S. The summed E-state index contributed by atoms with van der Waals surface area (Å²) in [4.78, 5) is 25.7. The summed E-state index contributed by atoms with van der Waals surface area (Å²) < 4.78 is 4.92. The maximum atomic E-state index is 12.9. The van der Waals surface area contributed by atoms with Gasteiger partial charge in [0.1, 0.15) is 5.00 Å². The first-order valence-corrected chi connectivity index (χ1v) is 8.67. The van der Waals surface area contributed by atoms with Gasteiger partial charge in [-0.3, -0.25) is 4.79 Å². The second kappa shape index (κ2) is 8.61. The van der Waals surface area contributed by atoms with Crippen molar-refractivity contribution in [1.82, 2.24) is 0 Å². The minimum absolute atomic E-state index is 0.0741. The number of carbonyl (C=O) groups is 2. The Bertz CT molecular complexity index is 711. The average molecular weight is 346 g/mol. The molecule has 128 valence electrons. The molecule has 0 bridgehead atoms. The number of benzene rings is 1. The molecule has 1 heterocycles. The Kier molecular flexibility index (Phi) is 6.52. The summed E-state index contributed by atoms with van der Waals surface area (Å²) in [6.07, 6.45) is 2.27. The van der Waals surface area contributed by atoms with E-state index in [9.17, 15) is 9.59 Å². The Morgan fingerprint density at radius 1 is 1.21 bits per heavy atom. The zero-order chi connectivity index (χ0) is 17.5. The molecule has 2 rings (SSSR count). The molecule has 1 aromatic heterocycles. The van der Waals surface area contributed by atoms with Crippen LogP contribution in [0.5, 0.6) is 0 Å². The number of ether oxygens (including phenoxy) is 1. The van der Waals surface area contributed by atoms with E-state index in [1.54, 1.807) is 19.2 Å². The molecule has 0 saturated carbocycles. The monoisotopic (exact) mass is 346 g/mol. The highest BCUT2D eigenvalue weighted by molar-refractivity contribution is 7.18. The molecule has 6 heteroatoms. The van der Waals surface area contributed by atoms with Gasteiger partial charge in [-0.25, -0.2) is 4.79 Å². The second-order valence-electron chi connectivity index (χ2n) is 5.30. The van der Waals surface area contributed by atoms with E-state index >= 15 is 0 Å². The van der Waals surface area contributed by atoms with E-state index in [-0.39, 0.29) is 5.78 Å². The van der Waals surface area contributed by atoms with Crippen molar-refractivity contribution < 1.29 is 14.3 Å². The van der Waals surface area contributed by atoms with Crippen molar-refractivity contribution in [3.8, 4) is 0 Å². The molecule has 0 spiro atoms. The van der Waals surface area contributed by atoms with Crippen LogP contribution in [0.3, 0.4) is 0 Å². The zero-order valence-corrected chi connectivity index (χ0v) is 14.7. The van der Waals surface area contributed by atoms with Crippen molar-refractivity contribution >= 4 is 28.1 Å². The maximum absolute atomic E-state index is 12.9. The first-order valence-electron chi connectivity index (χ1n) is 7.85. The molecule has 0 unspecified atom stereocenters. The molecule has 0 aliphatic rings. The number of esters is 1. The number of unbranched alkanes of at least 4 members (excludes halogenated alkanes) is 1. The molecule has 2 aromatic rings. The SMILES string of the molecule is CNc1sc(C(=O)c2ccccc2)c(CCCCN)c1C(=O)OC. The van der Waals surface area contributed by atoms with Crippen molar-refractivity contribution in [3.63, 3.8) is 0 Å². The average Bonchev–Trinajstić information content (AvgIpc) is 3.00. The van der Waals surface area contributed by atoms with E-state index in [1.165, 1.54) is 18.4 Å². The zero-order valence-electron chi connectivity index (χ0n) is 13.9. The lowest BCUT2D eigenvalue weighted by Crippen LogP contribution is -2.10. The Balaban J connectivity index is 2.50. The fourth-order valence-electron chi connectivity index (χ4n) is 2.55. The summed E-state index contributed by atoms with van der Waals surface area (Å²) in [7, 11) is 3.08. The number of ketones is 1. The normalized spacial score (nSPS) is 10.5. The summed E-state index contributed by atoms with van der Waals surface area (Å²) in [6.45, 7) is 0.582. The highest BCUT2D eigenvalue weighted by atomic mass is 32.1. The summed E-state index contributed by atoms with van der Waals surface area (Å²) in [6, 6.07) is 9.09. The van der Waals surface area contributed by atoms with Gasteiger partial charge in [0.2, 0.25) is 5.78 Å². The van der Waals surface area contributed by atoms with E-state index in [2.05, 4.69) is 5.32 Å². The van der Waals surface area contributed by atoms with Crippen LogP contribution in [-0.4, -0.2) is 32.5 Å². The standard InChI is InChI=1S/C18H22N2O3S/c1-20-17-14(18(22)23-2)13(10-6-7-11-19)16(24-17)15(21)12-8-4-3-5-9-12/h3-5,8-9,20H,6-7,10-11,19H2,1-2H3. The third kappa shape index (κ3) is 3.83. The van der Waals surface area contributed by atoms with E-state index in [0.29, 0.717) is 34.0 Å². The number of nitrogens with two attached hydrogens (primary N) is 1. The molecule has 0 fully saturated rings. The molecule has 0 atom stereocenters. The number of hydrogen-bond acceptors (Lipinski definition) is 6. The molecule has 24 heavy (non-hydrogen) atoms. The van der Waals surface area contributed by atoms with Crippen LogP contribution in [0.1, 0.15) is 44.0 Å². The number of thiophene rings is 1. The van der Waals surface area contributed by atoms with Crippen LogP contribution < -0.4 is 11.1 Å². The van der Waals surface area contributed by atoms with Crippen molar-refractivity contribution in [2.24, 2.45) is 5.73 Å². The van der Waals surface area contributed by atoms with Crippen LogP contribution in [0.15, 0.2) is 30.3 Å². The van der Waals surface area contributed by atoms with Crippen LogP contribution in [-0.2, 0) is 11.2 Å². The number of hydrogen-bond donors (Lipinski definition) is 2. The van der Waals surface area contributed by atoms with Gasteiger partial charge in [0, 0.05) is 12.6 Å². The number of anilines is 1. The Hall–Kier alpha value is -2.18.